The molecule has 0 saturated heterocycles. The van der Waals surface area contributed by atoms with Gasteiger partial charge in [-0.1, -0.05) is 13.8 Å². The second-order valence-electron chi connectivity index (χ2n) is 5.09. The Morgan fingerprint density at radius 1 is 1.25 bits per heavy atom. The van der Waals surface area contributed by atoms with E-state index in [1.54, 1.807) is 0 Å². The normalized spacial score (nSPS) is 13.7. The highest BCUT2D eigenvalue weighted by atomic mass is 16.5. The number of nitrogens with one attached hydrogen (secondary N) is 1. The van der Waals surface area contributed by atoms with Crippen molar-refractivity contribution < 1.29 is 4.74 Å². The molecule has 0 saturated carbocycles. The molecular weight excluding hydrogens is 200 g/mol. The van der Waals surface area contributed by atoms with Gasteiger partial charge in [0.2, 0.25) is 0 Å². The molecule has 3 nitrogen and oxygen atoms in total. The Balaban J connectivity index is 3.65. The molecule has 16 heavy (non-hydrogen) atoms. The van der Waals surface area contributed by atoms with E-state index < -0.39 is 0 Å². The number of hydrogen-bond donors (Lipinski definition) is 1. The van der Waals surface area contributed by atoms with Gasteiger partial charge in [-0.3, -0.25) is 0 Å². The van der Waals surface area contributed by atoms with E-state index in [1.165, 1.54) is 6.42 Å². The first-order valence-electron chi connectivity index (χ1n) is 6.52. The lowest BCUT2D eigenvalue weighted by atomic mass is 10.0. The predicted octanol–water partition coefficient (Wildman–Crippen LogP) is 1.98. The predicted molar refractivity (Wildman–Crippen MR) is 70.9 cm³/mol. The number of rotatable bonds is 10. The molecule has 0 fully saturated rings. The van der Waals surface area contributed by atoms with Gasteiger partial charge in [-0.25, -0.2) is 0 Å². The van der Waals surface area contributed by atoms with E-state index in [0.29, 0.717) is 6.04 Å². The summed E-state index contributed by atoms with van der Waals surface area (Å²) in [7, 11) is 4.27. The first-order chi connectivity index (χ1) is 7.56. The zero-order chi connectivity index (χ0) is 12.4. The number of hydrogen-bond acceptors (Lipinski definition) is 3. The first-order valence-corrected chi connectivity index (χ1v) is 6.52. The van der Waals surface area contributed by atoms with E-state index in [0.717, 1.165) is 38.6 Å². The molecule has 0 aromatic carbocycles. The van der Waals surface area contributed by atoms with Gasteiger partial charge in [-0.2, -0.15) is 0 Å². The van der Waals surface area contributed by atoms with Crippen LogP contribution in [0, 0.1) is 5.92 Å². The van der Waals surface area contributed by atoms with Crippen LogP contribution in [0.25, 0.3) is 0 Å². The monoisotopic (exact) mass is 230 g/mol. The lowest BCUT2D eigenvalue weighted by Gasteiger charge is -2.24. The van der Waals surface area contributed by atoms with Gasteiger partial charge in [0.1, 0.15) is 0 Å². The van der Waals surface area contributed by atoms with Crippen LogP contribution in [-0.2, 0) is 4.74 Å². The minimum Gasteiger partial charge on any atom is -0.382 e. The molecule has 0 bridgehead atoms. The standard InChI is InChI=1S/C13H30N2O/c1-6-16-9-7-8-14-13(10-12(2)3)11-15(4)5/h12-14H,6-11H2,1-5H3. The molecule has 0 aromatic heterocycles. The first kappa shape index (κ1) is 15.9. The van der Waals surface area contributed by atoms with Gasteiger partial charge < -0.3 is 15.0 Å². The van der Waals surface area contributed by atoms with Crippen LogP contribution in [0.5, 0.6) is 0 Å². The molecule has 98 valence electrons. The average molecular weight is 230 g/mol. The van der Waals surface area contributed by atoms with Crippen LogP contribution < -0.4 is 5.32 Å². The summed E-state index contributed by atoms with van der Waals surface area (Å²) in [6.45, 7) is 10.5. The molecule has 3 heteroatoms. The molecule has 0 rings (SSSR count). The Bertz CT molecular complexity index is 139. The summed E-state index contributed by atoms with van der Waals surface area (Å²) in [5.74, 6) is 0.754. The largest absolute Gasteiger partial charge is 0.382 e. The summed E-state index contributed by atoms with van der Waals surface area (Å²) >= 11 is 0. The molecule has 0 amide bonds. The molecule has 0 spiro atoms. The van der Waals surface area contributed by atoms with Crippen molar-refractivity contribution in [2.75, 3.05) is 40.4 Å². The summed E-state index contributed by atoms with van der Waals surface area (Å²) in [4.78, 5) is 2.25. The van der Waals surface area contributed by atoms with Gasteiger partial charge >= 0.3 is 0 Å². The highest BCUT2D eigenvalue weighted by Crippen LogP contribution is 2.05. The van der Waals surface area contributed by atoms with Crippen LogP contribution in [-0.4, -0.2) is 51.3 Å². The molecule has 1 atom stereocenters. The van der Waals surface area contributed by atoms with Crippen LogP contribution in [0.1, 0.15) is 33.6 Å². The van der Waals surface area contributed by atoms with E-state index in [1.807, 2.05) is 6.92 Å². The summed E-state index contributed by atoms with van der Waals surface area (Å²) in [6.07, 6.45) is 2.35. The molecule has 0 heterocycles. The van der Waals surface area contributed by atoms with Gasteiger partial charge in [0.15, 0.2) is 0 Å². The third kappa shape index (κ3) is 10.4. The van der Waals surface area contributed by atoms with Crippen LogP contribution in [0.2, 0.25) is 0 Å². The van der Waals surface area contributed by atoms with Gasteiger partial charge in [-0.05, 0) is 46.3 Å². The van der Waals surface area contributed by atoms with Gasteiger partial charge in [0.25, 0.3) is 0 Å². The van der Waals surface area contributed by atoms with Crippen molar-refractivity contribution in [1.29, 1.82) is 0 Å². The summed E-state index contributed by atoms with van der Waals surface area (Å²) in [6, 6.07) is 0.608. The lowest BCUT2D eigenvalue weighted by molar-refractivity contribution is 0.143. The van der Waals surface area contributed by atoms with Crippen LogP contribution >= 0.6 is 0 Å². The molecule has 1 unspecified atom stereocenters. The van der Waals surface area contributed by atoms with Gasteiger partial charge in [-0.15, -0.1) is 0 Å². The maximum absolute atomic E-state index is 5.33. The number of likely N-dealkylation sites (N-methyl/N-ethyl adjacent to an activating group) is 1. The van der Waals surface area contributed by atoms with E-state index >= 15 is 0 Å². The van der Waals surface area contributed by atoms with Crippen molar-refractivity contribution >= 4 is 0 Å². The fourth-order valence-corrected chi connectivity index (χ4v) is 1.86. The van der Waals surface area contributed by atoms with E-state index in [9.17, 15) is 0 Å². The molecule has 1 N–H and O–H groups in total. The fourth-order valence-electron chi connectivity index (χ4n) is 1.86. The highest BCUT2D eigenvalue weighted by Gasteiger charge is 2.10. The minimum atomic E-state index is 0.608. The van der Waals surface area contributed by atoms with Crippen LogP contribution in [0.3, 0.4) is 0 Å². The topological polar surface area (TPSA) is 24.5 Å². The minimum absolute atomic E-state index is 0.608. The van der Waals surface area contributed by atoms with Crippen LogP contribution in [0.4, 0.5) is 0 Å². The summed E-state index contributed by atoms with van der Waals surface area (Å²) < 4.78 is 5.33. The number of ether oxygens (including phenoxy) is 1. The van der Waals surface area contributed by atoms with Crippen molar-refractivity contribution in [2.24, 2.45) is 5.92 Å². The zero-order valence-corrected chi connectivity index (χ0v) is 11.8. The van der Waals surface area contributed by atoms with Crippen LogP contribution in [0.15, 0.2) is 0 Å². The van der Waals surface area contributed by atoms with Crippen molar-refractivity contribution in [3.05, 3.63) is 0 Å². The third-order valence-electron chi connectivity index (χ3n) is 2.44. The van der Waals surface area contributed by atoms with Crippen molar-refractivity contribution in [3.63, 3.8) is 0 Å². The van der Waals surface area contributed by atoms with E-state index in [4.69, 9.17) is 4.74 Å². The molecular formula is C13H30N2O. The van der Waals surface area contributed by atoms with Gasteiger partial charge in [0.05, 0.1) is 0 Å². The highest BCUT2D eigenvalue weighted by molar-refractivity contribution is 4.71. The third-order valence-corrected chi connectivity index (χ3v) is 2.44. The Hall–Kier alpha value is -0.120. The smallest absolute Gasteiger partial charge is 0.0477 e. The zero-order valence-electron chi connectivity index (χ0n) is 11.8. The van der Waals surface area contributed by atoms with E-state index in [-0.39, 0.29) is 0 Å². The lowest BCUT2D eigenvalue weighted by Crippen LogP contribution is -2.39. The Morgan fingerprint density at radius 3 is 2.44 bits per heavy atom. The summed E-state index contributed by atoms with van der Waals surface area (Å²) in [5, 5.41) is 3.62. The number of nitrogens with zero attached hydrogens (tertiary/aromatic N) is 1. The SMILES string of the molecule is CCOCCCNC(CC(C)C)CN(C)C. The quantitative estimate of drug-likeness (QED) is 0.581. The maximum atomic E-state index is 5.33. The van der Waals surface area contributed by atoms with Crippen molar-refractivity contribution in [3.8, 4) is 0 Å². The molecule has 0 aliphatic rings. The molecule has 0 radical (unpaired) electrons. The average Bonchev–Trinajstić information content (AvgIpc) is 2.15. The molecule has 0 aliphatic heterocycles. The Labute approximate surface area is 102 Å². The maximum Gasteiger partial charge on any atom is 0.0477 e. The van der Waals surface area contributed by atoms with Crippen molar-refractivity contribution in [2.45, 2.75) is 39.7 Å². The fraction of sp³-hybridized carbons (Fsp3) is 1.00. The second kappa shape index (κ2) is 10.1. The Morgan fingerprint density at radius 2 is 1.94 bits per heavy atom. The van der Waals surface area contributed by atoms with Gasteiger partial charge in [0, 0.05) is 25.8 Å². The van der Waals surface area contributed by atoms with E-state index in [2.05, 4.69) is 38.2 Å². The molecule has 0 aliphatic carbocycles. The Kier molecular flexibility index (Phi) is 9.99. The van der Waals surface area contributed by atoms with Crippen molar-refractivity contribution in [1.82, 2.24) is 10.2 Å². The second-order valence-corrected chi connectivity index (χ2v) is 5.09. The summed E-state index contributed by atoms with van der Waals surface area (Å²) in [5.41, 5.74) is 0. The molecule has 0 aromatic rings.